The summed E-state index contributed by atoms with van der Waals surface area (Å²) in [5.74, 6) is -0.833. The fraction of sp³-hybridized carbons (Fsp3) is 0.333. The number of carboxylic acids is 1. The Balaban J connectivity index is 0. The second kappa shape index (κ2) is 8.88. The molecule has 0 atom stereocenters. The van der Waals surface area contributed by atoms with Crippen LogP contribution >= 0.6 is 0 Å². The van der Waals surface area contributed by atoms with Crippen molar-refractivity contribution in [3.63, 3.8) is 0 Å². The van der Waals surface area contributed by atoms with Crippen LogP contribution in [0.3, 0.4) is 0 Å². The van der Waals surface area contributed by atoms with Crippen LogP contribution in [0.4, 0.5) is 0 Å². The molecule has 0 unspecified atom stereocenters. The van der Waals surface area contributed by atoms with Crippen LogP contribution in [-0.2, 0) is 9.45 Å². The number of carbonyl (C=O) groups is 1. The first-order chi connectivity index (χ1) is 2.73. The Labute approximate surface area is 35.3 Å². The van der Waals surface area contributed by atoms with Gasteiger partial charge in [-0.2, -0.15) is 0 Å². The molecule has 0 aromatic heterocycles. The van der Waals surface area contributed by atoms with Crippen molar-refractivity contribution in [2.45, 2.75) is 6.92 Å². The van der Waals surface area contributed by atoms with E-state index in [1.54, 1.807) is 0 Å². The van der Waals surface area contributed by atoms with Gasteiger partial charge in [-0.15, -0.1) is 0 Å². The van der Waals surface area contributed by atoms with Gasteiger partial charge in [-0.3, -0.25) is 4.79 Å². The maximum absolute atomic E-state index is 9.00. The van der Waals surface area contributed by atoms with Crippen molar-refractivity contribution >= 4 is 5.97 Å². The summed E-state index contributed by atoms with van der Waals surface area (Å²) in [5.41, 5.74) is 0. The van der Waals surface area contributed by atoms with Gasteiger partial charge in [0.2, 0.25) is 0 Å². The van der Waals surface area contributed by atoms with Crippen LogP contribution in [0.2, 0.25) is 0 Å². The van der Waals surface area contributed by atoms with Crippen molar-refractivity contribution in [2.75, 3.05) is 0 Å². The Morgan fingerprint density at radius 3 is 1.83 bits per heavy atom. The zero-order valence-electron chi connectivity index (χ0n) is 3.26. The monoisotopic (exact) mass is 88.0 g/mol. The van der Waals surface area contributed by atoms with Crippen molar-refractivity contribution in [3.05, 3.63) is 6.65 Å². The van der Waals surface area contributed by atoms with Crippen LogP contribution in [0.25, 0.3) is 0 Å². The second-order valence-corrected chi connectivity index (χ2v) is 0.519. The molecular weight excluding hydrogens is 84.0 g/mol. The maximum atomic E-state index is 9.00. The molecule has 0 heterocycles. The van der Waals surface area contributed by atoms with Crippen LogP contribution in [0.1, 0.15) is 6.92 Å². The molecule has 0 fully saturated rings. The number of hydrogen-bond donors (Lipinski definition) is 1. The molecule has 0 saturated carbocycles. The summed E-state index contributed by atoms with van der Waals surface area (Å²) < 4.78 is 7.50. The molecule has 0 amide bonds. The van der Waals surface area contributed by atoms with Gasteiger partial charge in [0.05, 0.1) is 0 Å². The quantitative estimate of drug-likeness (QED) is 0.336. The Bertz CT molecular complexity index is 50.3. The van der Waals surface area contributed by atoms with Crippen molar-refractivity contribution in [3.8, 4) is 0 Å². The predicted molar refractivity (Wildman–Crippen MR) is 17.2 cm³/mol. The summed E-state index contributed by atoms with van der Waals surface area (Å²) in [6.45, 7) is 5.58. The first-order valence-corrected chi connectivity index (χ1v) is 1.13. The molecule has 1 N–H and O–H groups in total. The number of hydrogen-bond acceptors (Lipinski definition) is 1. The van der Waals surface area contributed by atoms with Crippen molar-refractivity contribution in [1.82, 2.24) is 0 Å². The topological polar surface area (TPSA) is 57.2 Å². The van der Waals surface area contributed by atoms with Gasteiger partial charge >= 0.3 is 11.3 Å². The zero-order chi connectivity index (χ0) is 5.58. The van der Waals surface area contributed by atoms with E-state index in [2.05, 4.69) is 6.65 Å². The van der Waals surface area contributed by atoms with Crippen LogP contribution in [0, 0.1) is 6.65 Å². The number of aliphatic carboxylic acids is 1. The van der Waals surface area contributed by atoms with Gasteiger partial charge < -0.3 is 5.11 Å². The average molecular weight is 88.1 g/mol. The van der Waals surface area contributed by atoms with Crippen molar-refractivity contribution in [2.24, 2.45) is 0 Å². The van der Waals surface area contributed by atoms with E-state index in [1.165, 1.54) is 0 Å². The summed E-state index contributed by atoms with van der Waals surface area (Å²) in [4.78, 5) is 9.00. The molecule has 0 spiro atoms. The normalized spacial score (nSPS) is 4.50. The van der Waals surface area contributed by atoms with Crippen LogP contribution in [-0.4, -0.2) is 11.1 Å². The molecular formula is C3H4O3. The third-order valence-corrected chi connectivity index (χ3v) is 0. The second-order valence-electron chi connectivity index (χ2n) is 0.519. The fourth-order valence-corrected chi connectivity index (χ4v) is 0. The molecule has 0 aliphatic carbocycles. The molecule has 0 radical (unpaired) electrons. The first kappa shape index (κ1) is 8.96. The third kappa shape index (κ3) is 25.1. The molecule has 3 nitrogen and oxygen atoms in total. The summed E-state index contributed by atoms with van der Waals surface area (Å²) >= 11 is 0. The molecule has 0 saturated heterocycles. The Morgan fingerprint density at radius 1 is 1.83 bits per heavy atom. The number of carboxylic acid groups (broad SMARTS) is 1. The minimum atomic E-state index is -0.833. The van der Waals surface area contributed by atoms with E-state index in [-0.39, 0.29) is 0 Å². The summed E-state index contributed by atoms with van der Waals surface area (Å²) in [6, 6.07) is 0. The molecule has 0 aromatic rings. The van der Waals surface area contributed by atoms with Gasteiger partial charge in [-0.1, -0.05) is 0 Å². The average Bonchev–Trinajstić information content (AvgIpc) is 1.41. The predicted octanol–water partition coefficient (Wildman–Crippen LogP) is 0.0534. The molecule has 34 valence electrons. The van der Waals surface area contributed by atoms with Crippen LogP contribution in [0.5, 0.6) is 0 Å². The van der Waals surface area contributed by atoms with Gasteiger partial charge in [0.1, 0.15) is 0 Å². The minimum absolute atomic E-state index is 0.833. The molecule has 0 rings (SSSR count). The van der Waals surface area contributed by atoms with Crippen molar-refractivity contribution < 1.29 is 14.6 Å². The summed E-state index contributed by atoms with van der Waals surface area (Å²) in [5, 5.41) is 7.42. The van der Waals surface area contributed by atoms with Gasteiger partial charge in [0, 0.05) is 6.92 Å². The van der Waals surface area contributed by atoms with E-state index in [0.717, 1.165) is 6.92 Å². The summed E-state index contributed by atoms with van der Waals surface area (Å²) in [7, 11) is 0. The zero-order valence-corrected chi connectivity index (χ0v) is 3.26. The van der Waals surface area contributed by atoms with E-state index in [1.807, 2.05) is 0 Å². The van der Waals surface area contributed by atoms with Gasteiger partial charge in [-0.05, 0) is 0 Å². The van der Waals surface area contributed by atoms with E-state index in [9.17, 15) is 0 Å². The Hall–Kier alpha value is -0.790. The fourth-order valence-electron chi connectivity index (χ4n) is 0. The molecule has 3 heteroatoms. The van der Waals surface area contributed by atoms with E-state index in [0.29, 0.717) is 0 Å². The molecule has 0 bridgehead atoms. The van der Waals surface area contributed by atoms with Crippen LogP contribution in [0.15, 0.2) is 0 Å². The molecule has 0 aliphatic rings. The van der Waals surface area contributed by atoms with E-state index < -0.39 is 5.97 Å². The van der Waals surface area contributed by atoms with Gasteiger partial charge in [-0.25, -0.2) is 0 Å². The standard InChI is InChI=1S/C2H4O2.CO/c1-2(3)4;1-2/h1H3,(H,3,4);. The molecule has 0 aliphatic heterocycles. The Kier molecular flexibility index (Phi) is 13.3. The van der Waals surface area contributed by atoms with Gasteiger partial charge in [0.15, 0.2) is 0 Å². The number of rotatable bonds is 0. The van der Waals surface area contributed by atoms with E-state index >= 15 is 0 Å². The summed E-state index contributed by atoms with van der Waals surface area (Å²) in [6.07, 6.45) is 0. The Morgan fingerprint density at radius 2 is 1.83 bits per heavy atom. The third-order valence-electron chi connectivity index (χ3n) is 0. The molecule has 6 heavy (non-hydrogen) atoms. The van der Waals surface area contributed by atoms with Crippen LogP contribution < -0.4 is 0 Å². The van der Waals surface area contributed by atoms with E-state index in [4.69, 9.17) is 14.6 Å². The van der Waals surface area contributed by atoms with Gasteiger partial charge in [0.25, 0.3) is 5.97 Å². The first-order valence-electron chi connectivity index (χ1n) is 1.13. The van der Waals surface area contributed by atoms with Crippen molar-refractivity contribution in [1.29, 1.82) is 0 Å². The SMILES string of the molecule is CC(=O)O.[C-]#[O+]. The molecule has 0 aromatic carbocycles.